The van der Waals surface area contributed by atoms with Gasteiger partial charge in [0.15, 0.2) is 5.78 Å². The highest BCUT2D eigenvalue weighted by Crippen LogP contribution is 2.42. The van der Waals surface area contributed by atoms with Gasteiger partial charge in [-0.25, -0.2) is 0 Å². The summed E-state index contributed by atoms with van der Waals surface area (Å²) in [4.78, 5) is 26.6. The average molecular weight is 308 g/mol. The van der Waals surface area contributed by atoms with Crippen LogP contribution in [0.1, 0.15) is 39.3 Å². The number of hydrogen-bond donors (Lipinski definition) is 3. The number of amides is 1. The summed E-state index contributed by atoms with van der Waals surface area (Å²) >= 11 is 1.27. The maximum atomic E-state index is 12.2. The van der Waals surface area contributed by atoms with Gasteiger partial charge in [0.2, 0.25) is 0 Å². The summed E-state index contributed by atoms with van der Waals surface area (Å²) in [5.41, 5.74) is 12.0. The first-order valence-corrected chi connectivity index (χ1v) is 8.00. The standard InChI is InChI=1S/C14H20N4O2S/c1-18-5-4-8(6-18)17-14-9(13(16)20)10(15)12(21-14)11(19)7-2-3-7/h7-8,17H,2-6,15H2,1H3,(H2,16,20). The largest absolute Gasteiger partial charge is 0.397 e. The van der Waals surface area contributed by atoms with Gasteiger partial charge in [-0.1, -0.05) is 0 Å². The van der Waals surface area contributed by atoms with E-state index in [1.165, 1.54) is 11.3 Å². The third-order valence-electron chi connectivity index (χ3n) is 4.09. The Balaban J connectivity index is 1.89. The highest BCUT2D eigenvalue weighted by molar-refractivity contribution is 7.19. The van der Waals surface area contributed by atoms with Crippen LogP contribution in [0.2, 0.25) is 0 Å². The van der Waals surface area contributed by atoms with Crippen LogP contribution >= 0.6 is 11.3 Å². The second-order valence-corrected chi connectivity index (χ2v) is 6.96. The molecule has 1 amide bonds. The smallest absolute Gasteiger partial charge is 0.253 e. The van der Waals surface area contributed by atoms with Crippen molar-refractivity contribution in [2.45, 2.75) is 25.3 Å². The highest BCUT2D eigenvalue weighted by atomic mass is 32.1. The number of ketones is 1. The Labute approximate surface area is 127 Å². The molecule has 114 valence electrons. The number of carbonyl (C=O) groups excluding carboxylic acids is 2. The third kappa shape index (κ3) is 2.75. The van der Waals surface area contributed by atoms with E-state index in [9.17, 15) is 9.59 Å². The van der Waals surface area contributed by atoms with Crippen molar-refractivity contribution in [2.24, 2.45) is 11.7 Å². The number of primary amides is 1. The number of nitrogens with two attached hydrogens (primary N) is 2. The summed E-state index contributed by atoms with van der Waals surface area (Å²) in [7, 11) is 2.06. The lowest BCUT2D eigenvalue weighted by molar-refractivity contribution is 0.0972. The Morgan fingerprint density at radius 3 is 2.57 bits per heavy atom. The monoisotopic (exact) mass is 308 g/mol. The molecule has 1 aromatic rings. The minimum Gasteiger partial charge on any atom is -0.397 e. The maximum Gasteiger partial charge on any atom is 0.253 e. The van der Waals surface area contributed by atoms with Crippen molar-refractivity contribution in [1.82, 2.24) is 4.90 Å². The molecular formula is C14H20N4O2S. The Bertz CT molecular complexity index is 594. The third-order valence-corrected chi connectivity index (χ3v) is 5.24. The maximum absolute atomic E-state index is 12.2. The van der Waals surface area contributed by atoms with Crippen molar-refractivity contribution in [3.05, 3.63) is 10.4 Å². The molecule has 1 saturated carbocycles. The van der Waals surface area contributed by atoms with Gasteiger partial charge in [-0.15, -0.1) is 11.3 Å². The van der Waals surface area contributed by atoms with Gasteiger partial charge < -0.3 is 21.7 Å². The number of hydrogen-bond acceptors (Lipinski definition) is 6. The molecule has 6 nitrogen and oxygen atoms in total. The van der Waals surface area contributed by atoms with E-state index in [1.54, 1.807) is 0 Å². The van der Waals surface area contributed by atoms with Gasteiger partial charge in [-0.3, -0.25) is 9.59 Å². The Hall–Kier alpha value is -1.60. The van der Waals surface area contributed by atoms with Crippen LogP contribution in [0.3, 0.4) is 0 Å². The number of nitrogen functional groups attached to an aromatic ring is 1. The number of carbonyl (C=O) groups is 2. The zero-order valence-electron chi connectivity index (χ0n) is 12.0. The van der Waals surface area contributed by atoms with Crippen LogP contribution in [-0.2, 0) is 0 Å². The van der Waals surface area contributed by atoms with Crippen LogP contribution in [0, 0.1) is 5.92 Å². The summed E-state index contributed by atoms with van der Waals surface area (Å²) in [5.74, 6) is -0.443. The van der Waals surface area contributed by atoms with E-state index < -0.39 is 5.91 Å². The number of Topliss-reactive ketones (excluding diaryl/α,β-unsaturated/α-hetero) is 1. The first-order valence-electron chi connectivity index (χ1n) is 7.18. The molecule has 21 heavy (non-hydrogen) atoms. The van der Waals surface area contributed by atoms with E-state index in [2.05, 4.69) is 17.3 Å². The average Bonchev–Trinajstić information content (AvgIpc) is 3.11. The molecule has 1 aromatic heterocycles. The molecule has 1 unspecified atom stereocenters. The van der Waals surface area contributed by atoms with Crippen molar-refractivity contribution in [1.29, 1.82) is 0 Å². The number of thiophene rings is 1. The minimum absolute atomic E-state index is 0.0524. The fourth-order valence-electron chi connectivity index (χ4n) is 2.74. The van der Waals surface area contributed by atoms with Crippen LogP contribution in [0.15, 0.2) is 0 Å². The minimum atomic E-state index is -0.576. The molecule has 7 heteroatoms. The zero-order valence-corrected chi connectivity index (χ0v) is 12.8. The number of likely N-dealkylation sites (N-methyl/N-ethyl adjacent to an activating group) is 1. The molecule has 2 fully saturated rings. The van der Waals surface area contributed by atoms with E-state index in [4.69, 9.17) is 11.5 Å². The van der Waals surface area contributed by atoms with Crippen LogP contribution in [-0.4, -0.2) is 42.8 Å². The molecule has 3 rings (SSSR count). The van der Waals surface area contributed by atoms with Crippen LogP contribution < -0.4 is 16.8 Å². The SMILES string of the molecule is CN1CCC(Nc2sc(C(=O)C3CC3)c(N)c2C(N)=O)C1. The number of rotatable bonds is 5. The first-order chi connectivity index (χ1) is 9.97. The molecule has 1 saturated heterocycles. The Kier molecular flexibility index (Phi) is 3.62. The molecule has 0 aromatic carbocycles. The normalized spacial score (nSPS) is 22.4. The highest BCUT2D eigenvalue weighted by Gasteiger charge is 2.35. The van der Waals surface area contributed by atoms with Crippen molar-refractivity contribution in [2.75, 3.05) is 31.2 Å². The summed E-state index contributed by atoms with van der Waals surface area (Å²) in [6, 6.07) is 0.259. The van der Waals surface area contributed by atoms with Gasteiger partial charge >= 0.3 is 0 Å². The number of nitrogens with zero attached hydrogens (tertiary/aromatic N) is 1. The van der Waals surface area contributed by atoms with Gasteiger partial charge in [0.25, 0.3) is 5.91 Å². The van der Waals surface area contributed by atoms with Crippen molar-refractivity contribution in [3.8, 4) is 0 Å². The summed E-state index contributed by atoms with van der Waals surface area (Å²) < 4.78 is 0. The second-order valence-electron chi connectivity index (χ2n) is 5.94. The first kappa shape index (κ1) is 14.3. The zero-order chi connectivity index (χ0) is 15.1. The van der Waals surface area contributed by atoms with E-state index in [0.29, 0.717) is 9.88 Å². The van der Waals surface area contributed by atoms with Gasteiger partial charge in [-0.2, -0.15) is 0 Å². The topological polar surface area (TPSA) is 101 Å². The Morgan fingerprint density at radius 2 is 2.05 bits per heavy atom. The van der Waals surface area contributed by atoms with E-state index in [-0.39, 0.29) is 29.0 Å². The lowest BCUT2D eigenvalue weighted by Gasteiger charge is -2.13. The lowest BCUT2D eigenvalue weighted by Crippen LogP contribution is -2.24. The molecule has 1 aliphatic heterocycles. The molecule has 2 heterocycles. The van der Waals surface area contributed by atoms with E-state index >= 15 is 0 Å². The van der Waals surface area contributed by atoms with Crippen LogP contribution in [0.4, 0.5) is 10.7 Å². The molecule has 2 aliphatic rings. The Morgan fingerprint density at radius 1 is 1.33 bits per heavy atom. The second kappa shape index (κ2) is 5.31. The molecule has 0 radical (unpaired) electrons. The predicted molar refractivity (Wildman–Crippen MR) is 83.8 cm³/mol. The number of likely N-dealkylation sites (tertiary alicyclic amines) is 1. The van der Waals surface area contributed by atoms with Crippen molar-refractivity contribution >= 4 is 33.7 Å². The molecular weight excluding hydrogens is 288 g/mol. The molecule has 1 aliphatic carbocycles. The molecule has 0 spiro atoms. The van der Waals surface area contributed by atoms with Gasteiger partial charge in [0, 0.05) is 18.5 Å². The number of anilines is 2. The van der Waals surface area contributed by atoms with Crippen molar-refractivity contribution in [3.63, 3.8) is 0 Å². The molecule has 5 N–H and O–H groups in total. The fourth-order valence-corrected chi connectivity index (χ4v) is 3.96. The quantitative estimate of drug-likeness (QED) is 0.708. The van der Waals surface area contributed by atoms with Crippen LogP contribution in [0.25, 0.3) is 0 Å². The van der Waals surface area contributed by atoms with Crippen molar-refractivity contribution < 1.29 is 9.59 Å². The predicted octanol–water partition coefficient (Wildman–Crippen LogP) is 1.14. The number of nitrogens with one attached hydrogen (secondary N) is 1. The fraction of sp³-hybridized carbons (Fsp3) is 0.571. The summed E-state index contributed by atoms with van der Waals surface area (Å²) in [6.07, 6.45) is 2.83. The lowest BCUT2D eigenvalue weighted by atomic mass is 10.1. The van der Waals surface area contributed by atoms with E-state index in [1.807, 2.05) is 0 Å². The van der Waals surface area contributed by atoms with Crippen LogP contribution in [0.5, 0.6) is 0 Å². The summed E-state index contributed by atoms with van der Waals surface area (Å²) in [6.45, 7) is 1.92. The summed E-state index contributed by atoms with van der Waals surface area (Å²) in [5, 5.41) is 3.98. The van der Waals surface area contributed by atoms with E-state index in [0.717, 1.165) is 32.4 Å². The van der Waals surface area contributed by atoms with Gasteiger partial charge in [0.05, 0.1) is 16.1 Å². The van der Waals surface area contributed by atoms with Gasteiger partial charge in [-0.05, 0) is 32.9 Å². The molecule has 0 bridgehead atoms. The van der Waals surface area contributed by atoms with Gasteiger partial charge in [0.1, 0.15) is 5.00 Å². The molecule has 1 atom stereocenters.